The first kappa shape index (κ1) is 16.4. The molecule has 120 valence electrons. The average molecular weight is 308 g/mol. The number of nitrogens with two attached hydrogens (primary N) is 1. The Labute approximate surface area is 129 Å². The van der Waals surface area contributed by atoms with E-state index in [4.69, 9.17) is 10.5 Å². The summed E-state index contributed by atoms with van der Waals surface area (Å²) in [7, 11) is 0. The number of hydrogen-bond acceptors (Lipinski definition) is 3. The van der Waals surface area contributed by atoms with E-state index in [9.17, 15) is 14.0 Å². The van der Waals surface area contributed by atoms with E-state index >= 15 is 0 Å². The molecule has 0 bridgehead atoms. The van der Waals surface area contributed by atoms with Crippen molar-refractivity contribution in [3.05, 3.63) is 29.6 Å². The van der Waals surface area contributed by atoms with Crippen LogP contribution in [0.5, 0.6) is 0 Å². The highest BCUT2D eigenvalue weighted by atomic mass is 19.1. The van der Waals surface area contributed by atoms with Crippen molar-refractivity contribution >= 4 is 17.5 Å². The summed E-state index contributed by atoms with van der Waals surface area (Å²) < 4.78 is 19.5. The lowest BCUT2D eigenvalue weighted by molar-refractivity contribution is -0.125. The zero-order valence-corrected chi connectivity index (χ0v) is 12.6. The number of hydrogen-bond donors (Lipinski definition) is 2. The predicted octanol–water partition coefficient (Wildman–Crippen LogP) is 2.46. The van der Waals surface area contributed by atoms with Crippen LogP contribution in [-0.4, -0.2) is 24.5 Å². The quantitative estimate of drug-likeness (QED) is 0.876. The summed E-state index contributed by atoms with van der Waals surface area (Å²) in [6.45, 7) is 2.62. The maximum absolute atomic E-state index is 13.9. The molecule has 0 spiro atoms. The number of halogens is 1. The molecule has 0 aliphatic carbocycles. The van der Waals surface area contributed by atoms with Crippen LogP contribution in [0.2, 0.25) is 0 Å². The van der Waals surface area contributed by atoms with Crippen molar-refractivity contribution in [2.45, 2.75) is 38.7 Å². The number of ether oxygens (including phenoxy) is 1. The summed E-state index contributed by atoms with van der Waals surface area (Å²) in [4.78, 5) is 23.2. The Balaban J connectivity index is 2.01. The summed E-state index contributed by atoms with van der Waals surface area (Å²) in [6.07, 6.45) is 3.30. The highest BCUT2D eigenvalue weighted by molar-refractivity contribution is 5.95. The van der Waals surface area contributed by atoms with Gasteiger partial charge in [0.2, 0.25) is 11.8 Å². The first-order valence-corrected chi connectivity index (χ1v) is 7.53. The highest BCUT2D eigenvalue weighted by Gasteiger charge is 2.27. The topological polar surface area (TPSA) is 81.4 Å². The van der Waals surface area contributed by atoms with Crippen molar-refractivity contribution in [2.75, 3.05) is 11.9 Å². The van der Waals surface area contributed by atoms with Gasteiger partial charge in [-0.2, -0.15) is 0 Å². The van der Waals surface area contributed by atoms with Gasteiger partial charge in [0.05, 0.1) is 11.8 Å². The smallest absolute Gasteiger partial charge is 0.248 e. The third-order valence-electron chi connectivity index (χ3n) is 3.86. The molecule has 0 unspecified atom stereocenters. The van der Waals surface area contributed by atoms with Gasteiger partial charge in [-0.05, 0) is 37.5 Å². The molecule has 1 fully saturated rings. The number of rotatable bonds is 5. The Hall–Kier alpha value is -1.95. The van der Waals surface area contributed by atoms with Gasteiger partial charge in [0.25, 0.3) is 0 Å². The molecule has 0 saturated carbocycles. The molecule has 1 heterocycles. The lowest BCUT2D eigenvalue weighted by Gasteiger charge is -2.28. The standard InChI is InChI=1S/C16H21FN2O3/c1-2-3-12-8-11(6-7-22-12)16(21)19-14-5-4-10(15(18)20)9-13(14)17/h4-5,9,11-12H,2-3,6-8H2,1H3,(H2,18,20)(H,19,21)/t11-,12-/m0/s1. The molecule has 1 aliphatic heterocycles. The van der Waals surface area contributed by atoms with Crippen molar-refractivity contribution in [2.24, 2.45) is 11.7 Å². The van der Waals surface area contributed by atoms with Crippen LogP contribution >= 0.6 is 0 Å². The Morgan fingerprint density at radius 2 is 2.23 bits per heavy atom. The van der Waals surface area contributed by atoms with Crippen LogP contribution in [0.4, 0.5) is 10.1 Å². The zero-order valence-electron chi connectivity index (χ0n) is 12.6. The molecule has 1 aromatic carbocycles. The van der Waals surface area contributed by atoms with Gasteiger partial charge in [-0.3, -0.25) is 9.59 Å². The van der Waals surface area contributed by atoms with Crippen molar-refractivity contribution in [1.29, 1.82) is 0 Å². The molecule has 2 rings (SSSR count). The second kappa shape index (κ2) is 7.35. The van der Waals surface area contributed by atoms with Crippen LogP contribution in [0.15, 0.2) is 18.2 Å². The van der Waals surface area contributed by atoms with E-state index in [0.717, 1.165) is 18.9 Å². The fraction of sp³-hybridized carbons (Fsp3) is 0.500. The van der Waals surface area contributed by atoms with Crippen LogP contribution in [0, 0.1) is 11.7 Å². The lowest BCUT2D eigenvalue weighted by atomic mass is 9.92. The van der Waals surface area contributed by atoms with E-state index in [1.54, 1.807) is 0 Å². The minimum absolute atomic E-state index is 0.0635. The normalized spacial score (nSPS) is 21.4. The van der Waals surface area contributed by atoms with Crippen LogP contribution in [0.1, 0.15) is 43.0 Å². The fourth-order valence-electron chi connectivity index (χ4n) is 2.65. The summed E-state index contributed by atoms with van der Waals surface area (Å²) >= 11 is 0. The van der Waals surface area contributed by atoms with Gasteiger partial charge >= 0.3 is 0 Å². The highest BCUT2D eigenvalue weighted by Crippen LogP contribution is 2.25. The van der Waals surface area contributed by atoms with E-state index in [1.165, 1.54) is 12.1 Å². The number of primary amides is 1. The van der Waals surface area contributed by atoms with Crippen molar-refractivity contribution in [3.63, 3.8) is 0 Å². The number of amides is 2. The molecule has 1 saturated heterocycles. The molecule has 2 amide bonds. The Kier molecular flexibility index (Phi) is 5.49. The zero-order chi connectivity index (χ0) is 16.1. The molecule has 0 radical (unpaired) electrons. The van der Waals surface area contributed by atoms with Crippen molar-refractivity contribution in [3.8, 4) is 0 Å². The van der Waals surface area contributed by atoms with Gasteiger partial charge < -0.3 is 15.8 Å². The number of carbonyl (C=O) groups is 2. The SMILES string of the molecule is CCC[C@H]1C[C@@H](C(=O)Nc2ccc(C(N)=O)cc2F)CCO1. The second-order valence-corrected chi connectivity index (χ2v) is 5.55. The van der Waals surface area contributed by atoms with E-state index in [1.807, 2.05) is 0 Å². The molecule has 6 heteroatoms. The van der Waals surface area contributed by atoms with Gasteiger partial charge in [0, 0.05) is 18.1 Å². The number of benzene rings is 1. The summed E-state index contributed by atoms with van der Waals surface area (Å²) in [5, 5.41) is 2.59. The molecule has 3 N–H and O–H groups in total. The molecule has 5 nitrogen and oxygen atoms in total. The number of carbonyl (C=O) groups excluding carboxylic acids is 2. The van der Waals surface area contributed by atoms with E-state index in [0.29, 0.717) is 19.4 Å². The largest absolute Gasteiger partial charge is 0.378 e. The minimum atomic E-state index is -0.705. The molecule has 1 aliphatic rings. The molecule has 0 aromatic heterocycles. The van der Waals surface area contributed by atoms with Gasteiger partial charge in [-0.1, -0.05) is 13.3 Å². The van der Waals surface area contributed by atoms with Crippen LogP contribution in [0.25, 0.3) is 0 Å². The molecule has 1 aromatic rings. The van der Waals surface area contributed by atoms with Gasteiger partial charge in [0.1, 0.15) is 5.82 Å². The summed E-state index contributed by atoms with van der Waals surface area (Å²) in [5.41, 5.74) is 5.22. The van der Waals surface area contributed by atoms with Gasteiger partial charge in [-0.15, -0.1) is 0 Å². The molecule has 2 atom stereocenters. The molecule has 22 heavy (non-hydrogen) atoms. The Morgan fingerprint density at radius 3 is 2.86 bits per heavy atom. The first-order valence-electron chi connectivity index (χ1n) is 7.53. The third kappa shape index (κ3) is 4.04. The molecular weight excluding hydrogens is 287 g/mol. The predicted molar refractivity (Wildman–Crippen MR) is 80.9 cm³/mol. The van der Waals surface area contributed by atoms with Gasteiger partial charge in [0.15, 0.2) is 0 Å². The second-order valence-electron chi connectivity index (χ2n) is 5.55. The monoisotopic (exact) mass is 308 g/mol. The van der Waals surface area contributed by atoms with E-state index in [2.05, 4.69) is 12.2 Å². The Bertz CT molecular complexity index is 560. The maximum atomic E-state index is 13.9. The Morgan fingerprint density at radius 1 is 1.45 bits per heavy atom. The number of nitrogens with one attached hydrogen (secondary N) is 1. The fourth-order valence-corrected chi connectivity index (χ4v) is 2.65. The van der Waals surface area contributed by atoms with Gasteiger partial charge in [-0.25, -0.2) is 4.39 Å². The van der Waals surface area contributed by atoms with Crippen LogP contribution < -0.4 is 11.1 Å². The molecular formula is C16H21FN2O3. The third-order valence-corrected chi connectivity index (χ3v) is 3.86. The average Bonchev–Trinajstić information content (AvgIpc) is 2.49. The lowest BCUT2D eigenvalue weighted by Crippen LogP contribution is -2.33. The number of anilines is 1. The van der Waals surface area contributed by atoms with Crippen molar-refractivity contribution in [1.82, 2.24) is 0 Å². The first-order chi connectivity index (χ1) is 10.5. The summed E-state index contributed by atoms with van der Waals surface area (Å²) in [5.74, 6) is -1.76. The maximum Gasteiger partial charge on any atom is 0.248 e. The van der Waals surface area contributed by atoms with Crippen LogP contribution in [0.3, 0.4) is 0 Å². The van der Waals surface area contributed by atoms with E-state index in [-0.39, 0.29) is 29.2 Å². The summed E-state index contributed by atoms with van der Waals surface area (Å²) in [6, 6.07) is 3.78. The van der Waals surface area contributed by atoms with Crippen LogP contribution in [-0.2, 0) is 9.53 Å². The minimum Gasteiger partial charge on any atom is -0.378 e. The van der Waals surface area contributed by atoms with Crippen molar-refractivity contribution < 1.29 is 18.7 Å². The van der Waals surface area contributed by atoms with E-state index < -0.39 is 11.7 Å².